The minimum atomic E-state index is -0.121. The molecular weight excluding hydrogens is 364 g/mol. The summed E-state index contributed by atoms with van der Waals surface area (Å²) in [5.41, 5.74) is 4.04. The first-order chi connectivity index (χ1) is 14.1. The summed E-state index contributed by atoms with van der Waals surface area (Å²) >= 11 is 0. The van der Waals surface area contributed by atoms with Gasteiger partial charge < -0.3 is 9.88 Å². The van der Waals surface area contributed by atoms with Crippen molar-refractivity contribution in [2.45, 2.75) is 19.9 Å². The van der Waals surface area contributed by atoms with Crippen molar-refractivity contribution in [1.29, 1.82) is 0 Å². The summed E-state index contributed by atoms with van der Waals surface area (Å²) in [6, 6.07) is 16.8. The summed E-state index contributed by atoms with van der Waals surface area (Å²) < 4.78 is 2.05. The third kappa shape index (κ3) is 4.06. The Labute approximate surface area is 168 Å². The number of carbonyl (C=O) groups is 2. The van der Waals surface area contributed by atoms with Gasteiger partial charge in [0.05, 0.1) is 5.69 Å². The molecular formula is C23H20N4O2. The summed E-state index contributed by atoms with van der Waals surface area (Å²) in [6.45, 7) is 1.99. The monoisotopic (exact) mass is 384 g/mol. The van der Waals surface area contributed by atoms with Crippen LogP contribution in [0.5, 0.6) is 0 Å². The van der Waals surface area contributed by atoms with Gasteiger partial charge in [0.25, 0.3) is 0 Å². The number of ketones is 1. The summed E-state index contributed by atoms with van der Waals surface area (Å²) in [7, 11) is 0. The molecule has 1 amide bonds. The number of carbonyl (C=O) groups excluding carboxylic acids is 2. The number of hydrogen-bond acceptors (Lipinski definition) is 4. The molecule has 0 saturated heterocycles. The lowest BCUT2D eigenvalue weighted by molar-refractivity contribution is -0.116. The van der Waals surface area contributed by atoms with Crippen LogP contribution in [0, 0.1) is 0 Å². The number of fused-ring (bicyclic) bond motifs is 1. The molecule has 0 aliphatic rings. The highest BCUT2D eigenvalue weighted by Gasteiger charge is 2.13. The maximum atomic E-state index is 12.5. The minimum Gasteiger partial charge on any atom is -0.326 e. The maximum absolute atomic E-state index is 12.5. The molecule has 0 spiro atoms. The summed E-state index contributed by atoms with van der Waals surface area (Å²) in [4.78, 5) is 32.6. The molecule has 3 aromatic heterocycles. The van der Waals surface area contributed by atoms with Crippen molar-refractivity contribution in [1.82, 2.24) is 14.5 Å². The zero-order valence-electron chi connectivity index (χ0n) is 16.0. The first kappa shape index (κ1) is 18.6. The second kappa shape index (κ2) is 8.06. The predicted octanol–water partition coefficient (Wildman–Crippen LogP) is 4.33. The van der Waals surface area contributed by atoms with Crippen LogP contribution in [0.3, 0.4) is 0 Å². The van der Waals surface area contributed by atoms with E-state index >= 15 is 0 Å². The van der Waals surface area contributed by atoms with E-state index in [9.17, 15) is 9.59 Å². The molecule has 6 heteroatoms. The van der Waals surface area contributed by atoms with E-state index in [1.54, 1.807) is 42.9 Å². The highest BCUT2D eigenvalue weighted by Crippen LogP contribution is 2.27. The quantitative estimate of drug-likeness (QED) is 0.502. The number of aromatic nitrogens is 3. The van der Waals surface area contributed by atoms with Crippen molar-refractivity contribution in [3.8, 4) is 11.3 Å². The average molecular weight is 384 g/mol. The smallest absolute Gasteiger partial charge is 0.226 e. The zero-order valence-corrected chi connectivity index (χ0v) is 16.0. The number of benzene rings is 1. The molecule has 4 aromatic rings. The Morgan fingerprint density at radius 2 is 1.83 bits per heavy atom. The number of hydrogen-bond donors (Lipinski definition) is 1. The first-order valence-electron chi connectivity index (χ1n) is 9.37. The number of aryl methyl sites for hydroxylation is 1. The Kier molecular flexibility index (Phi) is 5.16. The Balaban J connectivity index is 1.56. The van der Waals surface area contributed by atoms with Gasteiger partial charge >= 0.3 is 0 Å². The lowest BCUT2D eigenvalue weighted by Crippen LogP contribution is -2.15. The fourth-order valence-electron chi connectivity index (χ4n) is 3.33. The molecule has 3 heterocycles. The second-order valence-corrected chi connectivity index (χ2v) is 6.77. The van der Waals surface area contributed by atoms with Crippen LogP contribution >= 0.6 is 0 Å². The van der Waals surface area contributed by atoms with Crippen molar-refractivity contribution in [3.63, 3.8) is 0 Å². The number of nitrogens with zero attached hydrogens (tertiary/aromatic N) is 3. The number of rotatable bonds is 6. The first-order valence-corrected chi connectivity index (χ1v) is 9.37. The molecule has 6 nitrogen and oxygen atoms in total. The molecule has 1 aromatic carbocycles. The molecule has 29 heavy (non-hydrogen) atoms. The maximum Gasteiger partial charge on any atom is 0.226 e. The van der Waals surface area contributed by atoms with E-state index in [-0.39, 0.29) is 18.1 Å². The van der Waals surface area contributed by atoms with E-state index in [0.717, 1.165) is 22.3 Å². The molecule has 0 bridgehead atoms. The van der Waals surface area contributed by atoms with Crippen molar-refractivity contribution < 1.29 is 9.59 Å². The largest absolute Gasteiger partial charge is 0.326 e. The van der Waals surface area contributed by atoms with Gasteiger partial charge in [-0.1, -0.05) is 12.1 Å². The number of pyridine rings is 2. The van der Waals surface area contributed by atoms with Gasteiger partial charge in [0.2, 0.25) is 5.91 Å². The Bertz CT molecular complexity index is 1180. The molecule has 0 radical (unpaired) electrons. The van der Waals surface area contributed by atoms with Gasteiger partial charge in [0.1, 0.15) is 5.65 Å². The fourth-order valence-corrected chi connectivity index (χ4v) is 3.33. The molecule has 144 valence electrons. The van der Waals surface area contributed by atoms with Gasteiger partial charge in [-0.15, -0.1) is 0 Å². The fraction of sp³-hybridized carbons (Fsp3) is 0.130. The summed E-state index contributed by atoms with van der Waals surface area (Å²) in [5.74, 6) is -0.155. The van der Waals surface area contributed by atoms with Crippen LogP contribution in [-0.4, -0.2) is 26.2 Å². The lowest BCUT2D eigenvalue weighted by Gasteiger charge is -2.11. The van der Waals surface area contributed by atoms with Crippen LogP contribution in [0.4, 0.5) is 5.69 Å². The van der Waals surface area contributed by atoms with Crippen LogP contribution in [0.2, 0.25) is 0 Å². The Hall–Kier alpha value is -3.80. The van der Waals surface area contributed by atoms with Gasteiger partial charge in [-0.3, -0.25) is 14.6 Å². The molecule has 0 aliphatic heterocycles. The number of anilines is 1. The predicted molar refractivity (Wildman–Crippen MR) is 113 cm³/mol. The average Bonchev–Trinajstić information content (AvgIpc) is 3.12. The van der Waals surface area contributed by atoms with E-state index in [0.29, 0.717) is 17.8 Å². The van der Waals surface area contributed by atoms with E-state index in [4.69, 9.17) is 0 Å². The third-order valence-electron chi connectivity index (χ3n) is 4.75. The zero-order chi connectivity index (χ0) is 20.2. The van der Waals surface area contributed by atoms with Crippen LogP contribution < -0.4 is 5.32 Å². The molecule has 0 unspecified atom stereocenters. The molecule has 0 saturated carbocycles. The van der Waals surface area contributed by atoms with Crippen molar-refractivity contribution in [2.75, 3.05) is 5.32 Å². The van der Waals surface area contributed by atoms with Crippen LogP contribution in [0.1, 0.15) is 23.7 Å². The number of Topliss-reactive ketones (excluding diaryl/α,β-unsaturated/α-hetero) is 1. The van der Waals surface area contributed by atoms with Crippen LogP contribution in [0.25, 0.3) is 22.3 Å². The molecule has 0 fully saturated rings. The molecule has 0 atom stereocenters. The standard InChI is InChI=1S/C23H20N4O2/c1-16(28)18-4-2-6-20(14-18)26-22(29)9-13-27-21(17-7-11-24-12-8-17)15-19-5-3-10-25-23(19)27/h2-8,10-12,14-15H,9,13H2,1H3,(H,26,29). The SMILES string of the molecule is CC(=O)c1cccc(NC(=O)CCn2c(-c3ccncc3)cc3cccnc32)c1. The minimum absolute atomic E-state index is 0.0343. The molecule has 4 rings (SSSR count). The van der Waals surface area contributed by atoms with Gasteiger partial charge in [0, 0.05) is 53.8 Å². The van der Waals surface area contributed by atoms with Crippen molar-refractivity contribution in [3.05, 3.63) is 78.8 Å². The van der Waals surface area contributed by atoms with Gasteiger partial charge in [-0.25, -0.2) is 4.98 Å². The van der Waals surface area contributed by atoms with E-state index in [1.165, 1.54) is 6.92 Å². The topological polar surface area (TPSA) is 76.9 Å². The van der Waals surface area contributed by atoms with E-state index < -0.39 is 0 Å². The highest BCUT2D eigenvalue weighted by atomic mass is 16.1. The number of nitrogens with one attached hydrogen (secondary N) is 1. The Morgan fingerprint density at radius 3 is 2.62 bits per heavy atom. The van der Waals surface area contributed by atoms with Gasteiger partial charge in [0.15, 0.2) is 5.78 Å². The van der Waals surface area contributed by atoms with Crippen LogP contribution in [0.15, 0.2) is 73.2 Å². The normalized spacial score (nSPS) is 10.8. The highest BCUT2D eigenvalue weighted by molar-refractivity contribution is 5.97. The van der Waals surface area contributed by atoms with E-state index in [1.807, 2.05) is 24.3 Å². The summed E-state index contributed by atoms with van der Waals surface area (Å²) in [6.07, 6.45) is 5.53. The second-order valence-electron chi connectivity index (χ2n) is 6.77. The summed E-state index contributed by atoms with van der Waals surface area (Å²) in [5, 5.41) is 3.89. The lowest BCUT2D eigenvalue weighted by atomic mass is 10.1. The number of amides is 1. The van der Waals surface area contributed by atoms with Crippen molar-refractivity contribution in [2.24, 2.45) is 0 Å². The van der Waals surface area contributed by atoms with Crippen molar-refractivity contribution >= 4 is 28.4 Å². The molecule has 0 aliphatic carbocycles. The van der Waals surface area contributed by atoms with Gasteiger partial charge in [-0.05, 0) is 49.4 Å². The van der Waals surface area contributed by atoms with E-state index in [2.05, 4.69) is 25.9 Å². The molecule has 1 N–H and O–H groups in total. The third-order valence-corrected chi connectivity index (χ3v) is 4.75. The Morgan fingerprint density at radius 1 is 1.00 bits per heavy atom. The van der Waals surface area contributed by atoms with Crippen LogP contribution in [-0.2, 0) is 11.3 Å². The van der Waals surface area contributed by atoms with Gasteiger partial charge in [-0.2, -0.15) is 0 Å².